The van der Waals surface area contributed by atoms with E-state index < -0.39 is 29.3 Å². The third-order valence-electron chi connectivity index (χ3n) is 6.39. The molecule has 43 heavy (non-hydrogen) atoms. The number of nitrogens with zero attached hydrogens (tertiary/aromatic N) is 7. The van der Waals surface area contributed by atoms with Gasteiger partial charge in [-0.3, -0.25) is 14.9 Å². The summed E-state index contributed by atoms with van der Waals surface area (Å²) >= 11 is 0. The maximum atomic E-state index is 14.1. The molecule has 5 rings (SSSR count). The van der Waals surface area contributed by atoms with Crippen LogP contribution in [0.4, 0.5) is 23.8 Å². The molecular weight excluding hydrogens is 565 g/mol. The van der Waals surface area contributed by atoms with Gasteiger partial charge in [-0.25, -0.2) is 14.8 Å². The lowest BCUT2D eigenvalue weighted by molar-refractivity contribution is -0.137. The first-order valence-corrected chi connectivity index (χ1v) is 12.8. The van der Waals surface area contributed by atoms with Crippen LogP contribution in [0.25, 0.3) is 38.8 Å². The van der Waals surface area contributed by atoms with Crippen LogP contribution < -0.4 is 15.7 Å². The quantitative estimate of drug-likeness (QED) is 0.264. The summed E-state index contributed by atoms with van der Waals surface area (Å²) in [6.07, 6.45) is 0.357. The van der Waals surface area contributed by atoms with E-state index in [0.717, 1.165) is 6.07 Å². The minimum Gasteiger partial charge on any atom is -0.481 e. The number of nitriles is 1. The maximum absolute atomic E-state index is 14.1. The third-order valence-corrected chi connectivity index (χ3v) is 6.39. The molecule has 0 aliphatic carbocycles. The molecule has 220 valence electrons. The molecule has 0 atom stereocenters. The smallest absolute Gasteiger partial charge is 0.419 e. The molecular formula is C29H25F3N8O3. The molecule has 0 spiro atoms. The van der Waals surface area contributed by atoms with E-state index >= 15 is 0 Å². The number of anilines is 1. The van der Waals surface area contributed by atoms with Crippen LogP contribution in [0, 0.1) is 11.5 Å². The Balaban J connectivity index is 1.71. The number of aryl methyl sites for hydroxylation is 1. The number of nitrogens with one attached hydrogen (secondary N) is 1. The number of imidazole rings is 1. The number of rotatable bonds is 4. The molecule has 0 aliphatic rings. The predicted molar refractivity (Wildman–Crippen MR) is 151 cm³/mol. The SMILES string of the molecule is COc1ccc(-n2/c(=N\C#N)n(C)c3cnc4ccc(-c5cnc(NC(=O)OC(C)(C)C)c(C(F)(F)F)c5)cc4c32)cn1. The summed E-state index contributed by atoms with van der Waals surface area (Å²) in [4.78, 5) is 28.9. The summed E-state index contributed by atoms with van der Waals surface area (Å²) in [6.45, 7) is 4.79. The topological polar surface area (TPSA) is 132 Å². The second-order valence-electron chi connectivity index (χ2n) is 10.4. The highest BCUT2D eigenvalue weighted by Crippen LogP contribution is 2.37. The van der Waals surface area contributed by atoms with Crippen LogP contribution in [0.1, 0.15) is 26.3 Å². The van der Waals surface area contributed by atoms with Crippen molar-refractivity contribution in [2.75, 3.05) is 12.4 Å². The average Bonchev–Trinajstić information content (AvgIpc) is 3.23. The molecule has 5 aromatic rings. The number of hydrogen-bond donors (Lipinski definition) is 1. The largest absolute Gasteiger partial charge is 0.481 e. The first-order chi connectivity index (χ1) is 20.3. The fourth-order valence-corrected chi connectivity index (χ4v) is 4.56. The molecule has 0 fully saturated rings. The molecule has 4 aromatic heterocycles. The van der Waals surface area contributed by atoms with Crippen molar-refractivity contribution in [3.05, 3.63) is 66.2 Å². The Kier molecular flexibility index (Phi) is 7.26. The van der Waals surface area contributed by atoms with Gasteiger partial charge in [0.15, 0.2) is 0 Å². The third kappa shape index (κ3) is 5.69. The van der Waals surface area contributed by atoms with E-state index in [0.29, 0.717) is 39.1 Å². The predicted octanol–water partition coefficient (Wildman–Crippen LogP) is 5.73. The normalized spacial score (nSPS) is 12.4. The van der Waals surface area contributed by atoms with E-state index in [4.69, 9.17) is 9.47 Å². The van der Waals surface area contributed by atoms with Crippen molar-refractivity contribution in [2.24, 2.45) is 12.0 Å². The number of halogens is 3. The Morgan fingerprint density at radius 2 is 1.79 bits per heavy atom. The first-order valence-electron chi connectivity index (χ1n) is 12.8. The van der Waals surface area contributed by atoms with Crippen LogP contribution in [0.15, 0.2) is 60.0 Å². The van der Waals surface area contributed by atoms with Gasteiger partial charge < -0.3 is 14.0 Å². The van der Waals surface area contributed by atoms with Crippen LogP contribution >= 0.6 is 0 Å². The number of alkyl halides is 3. The van der Waals surface area contributed by atoms with E-state index in [9.17, 15) is 23.2 Å². The highest BCUT2D eigenvalue weighted by atomic mass is 19.4. The standard InChI is InChI=1S/C29H25F3N8O3/c1-28(2,3)43-27(41)38-25-20(29(30,31)32)11-17(12-36-25)16-6-8-21-19(10-16)24-22(14-34-21)39(4)26(37-15-33)40(24)18-7-9-23(42-5)35-13-18/h6-14H,1-5H3,(H,36,38,41)/b37-26-. The van der Waals surface area contributed by atoms with Crippen LogP contribution in [0.3, 0.4) is 0 Å². The molecule has 14 heteroatoms. The van der Waals surface area contributed by atoms with Crippen LogP contribution in [-0.4, -0.2) is 42.9 Å². The van der Waals surface area contributed by atoms with E-state index in [2.05, 4.69) is 25.3 Å². The molecule has 1 N–H and O–H groups in total. The number of aromatic nitrogens is 5. The van der Waals surface area contributed by atoms with Crippen molar-refractivity contribution < 1.29 is 27.4 Å². The number of carbonyl (C=O) groups is 1. The van der Waals surface area contributed by atoms with Gasteiger partial charge in [0, 0.05) is 30.3 Å². The number of pyridine rings is 3. The van der Waals surface area contributed by atoms with Gasteiger partial charge in [0.1, 0.15) is 11.4 Å². The lowest BCUT2D eigenvalue weighted by Gasteiger charge is -2.20. The zero-order valence-electron chi connectivity index (χ0n) is 23.7. The van der Waals surface area contributed by atoms with Gasteiger partial charge in [-0.15, -0.1) is 4.99 Å². The molecule has 1 aromatic carbocycles. The number of benzene rings is 1. The van der Waals surface area contributed by atoms with Gasteiger partial charge in [-0.2, -0.15) is 18.4 Å². The van der Waals surface area contributed by atoms with E-state index in [1.54, 1.807) is 79.7 Å². The summed E-state index contributed by atoms with van der Waals surface area (Å²) in [6, 6.07) is 9.30. The van der Waals surface area contributed by atoms with E-state index in [1.807, 2.05) is 6.19 Å². The van der Waals surface area contributed by atoms with Gasteiger partial charge in [-0.1, -0.05) is 6.07 Å². The lowest BCUT2D eigenvalue weighted by Crippen LogP contribution is -2.28. The Hall–Kier alpha value is -5.45. The fraction of sp³-hybridized carbons (Fsp3) is 0.241. The molecule has 11 nitrogen and oxygen atoms in total. The molecule has 4 heterocycles. The summed E-state index contributed by atoms with van der Waals surface area (Å²) in [7, 11) is 3.21. The highest BCUT2D eigenvalue weighted by Gasteiger charge is 2.36. The van der Waals surface area contributed by atoms with E-state index in [-0.39, 0.29) is 11.2 Å². The first kappa shape index (κ1) is 29.1. The average molecular weight is 591 g/mol. The summed E-state index contributed by atoms with van der Waals surface area (Å²) < 4.78 is 56.0. The second-order valence-corrected chi connectivity index (χ2v) is 10.4. The van der Waals surface area contributed by atoms with Crippen molar-refractivity contribution in [3.8, 4) is 28.9 Å². The van der Waals surface area contributed by atoms with Crippen molar-refractivity contribution in [1.82, 2.24) is 24.1 Å². The van der Waals surface area contributed by atoms with Crippen molar-refractivity contribution >= 4 is 33.8 Å². The summed E-state index contributed by atoms with van der Waals surface area (Å²) in [5.74, 6) is -0.291. The molecule has 1 amide bonds. The zero-order valence-corrected chi connectivity index (χ0v) is 23.7. The fourth-order valence-electron chi connectivity index (χ4n) is 4.56. The van der Waals surface area contributed by atoms with Gasteiger partial charge in [0.2, 0.25) is 17.7 Å². The monoisotopic (exact) mass is 590 g/mol. The molecule has 0 aliphatic heterocycles. The van der Waals surface area contributed by atoms with Crippen molar-refractivity contribution in [2.45, 2.75) is 32.5 Å². The Labute approximate surface area is 242 Å². The molecule has 0 saturated heterocycles. The van der Waals surface area contributed by atoms with Crippen molar-refractivity contribution in [3.63, 3.8) is 0 Å². The lowest BCUT2D eigenvalue weighted by atomic mass is 10.0. The number of ether oxygens (including phenoxy) is 2. The van der Waals surface area contributed by atoms with E-state index in [1.165, 1.54) is 13.3 Å². The van der Waals surface area contributed by atoms with Crippen LogP contribution in [0.5, 0.6) is 5.88 Å². The number of hydrogen-bond acceptors (Lipinski definition) is 8. The minimum absolute atomic E-state index is 0.150. The summed E-state index contributed by atoms with van der Waals surface area (Å²) in [5.41, 5.74) is 1.11. The van der Waals surface area contributed by atoms with Crippen LogP contribution in [-0.2, 0) is 18.0 Å². The molecule has 0 saturated carbocycles. The summed E-state index contributed by atoms with van der Waals surface area (Å²) in [5, 5.41) is 12.1. The van der Waals surface area contributed by atoms with Gasteiger partial charge >= 0.3 is 12.3 Å². The molecule has 0 radical (unpaired) electrons. The van der Waals surface area contributed by atoms with Crippen molar-refractivity contribution in [1.29, 1.82) is 5.26 Å². The van der Waals surface area contributed by atoms with Gasteiger partial charge in [0.25, 0.3) is 0 Å². The Bertz CT molecular complexity index is 1980. The molecule has 0 unspecified atom stereocenters. The number of amides is 1. The number of fused-ring (bicyclic) bond motifs is 3. The minimum atomic E-state index is -4.82. The Morgan fingerprint density at radius 1 is 1.02 bits per heavy atom. The Morgan fingerprint density at radius 3 is 2.42 bits per heavy atom. The number of carbonyl (C=O) groups excluding carboxylic acids is 1. The zero-order chi connectivity index (χ0) is 31.1. The maximum Gasteiger partial charge on any atom is 0.419 e. The highest BCUT2D eigenvalue weighted by molar-refractivity contribution is 6.04. The number of methoxy groups -OCH3 is 1. The molecule has 0 bridgehead atoms. The van der Waals surface area contributed by atoms with Gasteiger partial charge in [0.05, 0.1) is 47.3 Å². The van der Waals surface area contributed by atoms with Gasteiger partial charge in [-0.05, 0) is 50.6 Å². The second kappa shape index (κ2) is 10.8. The van der Waals surface area contributed by atoms with Crippen LogP contribution in [0.2, 0.25) is 0 Å².